The van der Waals surface area contributed by atoms with Gasteiger partial charge >= 0.3 is 0 Å². The summed E-state index contributed by atoms with van der Waals surface area (Å²) < 4.78 is 12.1. The minimum Gasteiger partial charge on any atom is -0.463 e. The summed E-state index contributed by atoms with van der Waals surface area (Å²) in [6, 6.07) is 14.7. The first-order valence-electron chi connectivity index (χ1n) is 7.68. The van der Waals surface area contributed by atoms with Crippen molar-refractivity contribution in [3.8, 4) is 17.1 Å². The van der Waals surface area contributed by atoms with Crippen LogP contribution in [0.25, 0.3) is 17.1 Å². The van der Waals surface area contributed by atoms with Crippen molar-refractivity contribution < 1.29 is 13.9 Å². The van der Waals surface area contributed by atoms with Gasteiger partial charge in [0.1, 0.15) is 11.4 Å². The van der Waals surface area contributed by atoms with Crippen LogP contribution in [0.4, 0.5) is 0 Å². The summed E-state index contributed by atoms with van der Waals surface area (Å²) in [4.78, 5) is 12.6. The van der Waals surface area contributed by atoms with E-state index in [-0.39, 0.29) is 11.9 Å². The number of hydrogen-bond acceptors (Lipinski definition) is 4. The lowest BCUT2D eigenvalue weighted by Crippen LogP contribution is -2.36. The number of benzene rings is 1. The Balaban J connectivity index is 1.98. The molecule has 0 spiro atoms. The number of carbonyl (C=O) groups excluding carboxylic acids is 1. The topological polar surface area (TPSA) is 69.3 Å². The minimum absolute atomic E-state index is 0.103. The summed E-state index contributed by atoms with van der Waals surface area (Å²) >= 11 is 0. The molecular weight excluding hydrogens is 306 g/mol. The predicted molar refractivity (Wildman–Crippen MR) is 90.1 cm³/mol. The highest BCUT2D eigenvalue weighted by atomic mass is 16.5. The molecule has 6 heteroatoms. The van der Waals surface area contributed by atoms with Crippen molar-refractivity contribution in [3.05, 3.63) is 60.5 Å². The lowest BCUT2D eigenvalue weighted by Gasteiger charge is -2.13. The Morgan fingerprint density at radius 2 is 2.08 bits per heavy atom. The second-order valence-corrected chi connectivity index (χ2v) is 5.47. The summed E-state index contributed by atoms with van der Waals surface area (Å²) in [6.07, 6.45) is 1.58. The van der Waals surface area contributed by atoms with Gasteiger partial charge in [0.15, 0.2) is 5.76 Å². The third kappa shape index (κ3) is 3.38. The Kier molecular flexibility index (Phi) is 4.77. The Morgan fingerprint density at radius 3 is 2.75 bits per heavy atom. The zero-order valence-electron chi connectivity index (χ0n) is 13.6. The third-order valence-corrected chi connectivity index (χ3v) is 3.51. The van der Waals surface area contributed by atoms with Crippen molar-refractivity contribution in [2.24, 2.45) is 0 Å². The van der Waals surface area contributed by atoms with Crippen LogP contribution in [0.5, 0.6) is 0 Å². The number of aromatic nitrogens is 2. The molecule has 0 fully saturated rings. The minimum atomic E-state index is -0.214. The summed E-state index contributed by atoms with van der Waals surface area (Å²) in [6.45, 7) is 2.33. The molecule has 1 N–H and O–H groups in total. The lowest BCUT2D eigenvalue weighted by atomic mass is 10.2. The smallest absolute Gasteiger partial charge is 0.270 e. The van der Waals surface area contributed by atoms with E-state index >= 15 is 0 Å². The van der Waals surface area contributed by atoms with Crippen LogP contribution in [-0.4, -0.2) is 35.4 Å². The summed E-state index contributed by atoms with van der Waals surface area (Å²) in [5, 5.41) is 7.44. The Bertz CT molecular complexity index is 794. The van der Waals surface area contributed by atoms with Gasteiger partial charge in [0.25, 0.3) is 5.91 Å². The van der Waals surface area contributed by atoms with Gasteiger partial charge in [-0.1, -0.05) is 18.2 Å². The van der Waals surface area contributed by atoms with Crippen molar-refractivity contribution in [1.82, 2.24) is 15.1 Å². The zero-order valence-corrected chi connectivity index (χ0v) is 13.6. The maximum Gasteiger partial charge on any atom is 0.270 e. The monoisotopic (exact) mass is 325 g/mol. The molecule has 6 nitrogen and oxygen atoms in total. The molecule has 124 valence electrons. The number of nitrogens with one attached hydrogen (secondary N) is 1. The van der Waals surface area contributed by atoms with E-state index in [0.717, 1.165) is 5.69 Å². The number of rotatable bonds is 6. The molecule has 3 aromatic rings. The van der Waals surface area contributed by atoms with Crippen LogP contribution in [-0.2, 0) is 4.74 Å². The standard InChI is InChI=1S/C18H19N3O3/c1-13(12-23-2)19-18(22)16-11-15(17-9-6-10-24-17)20-21(16)14-7-4-3-5-8-14/h3-11,13H,12H2,1-2H3,(H,19,22)/t13-/m1/s1. The van der Waals surface area contributed by atoms with E-state index in [9.17, 15) is 4.79 Å². The van der Waals surface area contributed by atoms with Crippen LogP contribution in [0.3, 0.4) is 0 Å². The Hall–Kier alpha value is -2.86. The largest absolute Gasteiger partial charge is 0.463 e. The molecule has 0 aliphatic carbocycles. The van der Waals surface area contributed by atoms with Crippen LogP contribution in [0.1, 0.15) is 17.4 Å². The first-order chi connectivity index (χ1) is 11.7. The number of furan rings is 1. The van der Waals surface area contributed by atoms with E-state index in [1.54, 1.807) is 30.2 Å². The molecule has 2 aromatic heterocycles. The van der Waals surface area contributed by atoms with Crippen molar-refractivity contribution in [2.75, 3.05) is 13.7 Å². The van der Waals surface area contributed by atoms with Gasteiger partial charge in [0.2, 0.25) is 0 Å². The van der Waals surface area contributed by atoms with Crippen molar-refractivity contribution >= 4 is 5.91 Å². The summed E-state index contributed by atoms with van der Waals surface area (Å²) in [7, 11) is 1.60. The number of hydrogen-bond donors (Lipinski definition) is 1. The van der Waals surface area contributed by atoms with Crippen LogP contribution < -0.4 is 5.32 Å². The lowest BCUT2D eigenvalue weighted by molar-refractivity contribution is 0.0898. The molecule has 1 atom stereocenters. The van der Waals surface area contributed by atoms with E-state index < -0.39 is 0 Å². The average Bonchev–Trinajstić information content (AvgIpc) is 3.25. The fourth-order valence-corrected chi connectivity index (χ4v) is 2.44. The number of amides is 1. The van der Waals surface area contributed by atoms with Crippen LogP contribution in [0.15, 0.2) is 59.2 Å². The average molecular weight is 325 g/mol. The van der Waals surface area contributed by atoms with Gasteiger partial charge in [-0.3, -0.25) is 4.79 Å². The van der Waals surface area contributed by atoms with Crippen LogP contribution >= 0.6 is 0 Å². The van der Waals surface area contributed by atoms with E-state index in [2.05, 4.69) is 10.4 Å². The number of carbonyl (C=O) groups is 1. The molecule has 24 heavy (non-hydrogen) atoms. The highest BCUT2D eigenvalue weighted by Crippen LogP contribution is 2.22. The van der Waals surface area contributed by atoms with Gasteiger partial charge in [0.05, 0.1) is 18.6 Å². The van der Waals surface area contributed by atoms with Crippen molar-refractivity contribution in [3.63, 3.8) is 0 Å². The summed E-state index contributed by atoms with van der Waals surface area (Å²) in [5.74, 6) is 0.400. The molecule has 3 rings (SSSR count). The number of ether oxygens (including phenoxy) is 1. The second-order valence-electron chi connectivity index (χ2n) is 5.47. The second kappa shape index (κ2) is 7.14. The van der Waals surface area contributed by atoms with E-state index in [1.807, 2.05) is 43.3 Å². The van der Waals surface area contributed by atoms with Gasteiger partial charge in [-0.15, -0.1) is 0 Å². The molecule has 0 saturated carbocycles. The molecule has 2 heterocycles. The number of para-hydroxylation sites is 1. The molecule has 0 saturated heterocycles. The predicted octanol–water partition coefficient (Wildman–Crippen LogP) is 2.90. The summed E-state index contributed by atoms with van der Waals surface area (Å²) in [5.41, 5.74) is 1.85. The Labute approximate surface area is 140 Å². The third-order valence-electron chi connectivity index (χ3n) is 3.51. The first-order valence-corrected chi connectivity index (χ1v) is 7.68. The molecule has 0 radical (unpaired) electrons. The van der Waals surface area contributed by atoms with Crippen molar-refractivity contribution in [2.45, 2.75) is 13.0 Å². The first kappa shape index (κ1) is 16.0. The molecule has 0 aliphatic heterocycles. The van der Waals surface area contributed by atoms with E-state index in [0.29, 0.717) is 23.8 Å². The van der Waals surface area contributed by atoms with Gasteiger partial charge in [-0.2, -0.15) is 5.10 Å². The van der Waals surface area contributed by atoms with Crippen LogP contribution in [0.2, 0.25) is 0 Å². The fraction of sp³-hybridized carbons (Fsp3) is 0.222. The van der Waals surface area contributed by atoms with Gasteiger partial charge in [-0.05, 0) is 31.2 Å². The van der Waals surface area contributed by atoms with E-state index in [1.165, 1.54) is 0 Å². The molecular formula is C18H19N3O3. The van der Waals surface area contributed by atoms with Crippen LogP contribution in [0, 0.1) is 0 Å². The zero-order chi connectivity index (χ0) is 16.9. The van der Waals surface area contributed by atoms with E-state index in [4.69, 9.17) is 9.15 Å². The maximum atomic E-state index is 12.6. The van der Waals surface area contributed by atoms with Gasteiger partial charge in [-0.25, -0.2) is 4.68 Å². The molecule has 0 unspecified atom stereocenters. The highest BCUT2D eigenvalue weighted by Gasteiger charge is 2.19. The van der Waals surface area contributed by atoms with Crippen molar-refractivity contribution in [1.29, 1.82) is 0 Å². The molecule has 0 bridgehead atoms. The highest BCUT2D eigenvalue weighted by molar-refractivity contribution is 5.94. The maximum absolute atomic E-state index is 12.6. The number of nitrogens with zero attached hydrogens (tertiary/aromatic N) is 2. The normalized spacial score (nSPS) is 12.1. The molecule has 0 aliphatic rings. The SMILES string of the molecule is COC[C@@H](C)NC(=O)c1cc(-c2ccco2)nn1-c1ccccc1. The molecule has 1 amide bonds. The van der Waals surface area contributed by atoms with Gasteiger partial charge in [0, 0.05) is 19.2 Å². The molecule has 1 aromatic carbocycles. The fourth-order valence-electron chi connectivity index (χ4n) is 2.44. The number of methoxy groups -OCH3 is 1. The van der Waals surface area contributed by atoms with Gasteiger partial charge < -0.3 is 14.5 Å². The Morgan fingerprint density at radius 1 is 1.29 bits per heavy atom. The quantitative estimate of drug-likeness (QED) is 0.756.